The summed E-state index contributed by atoms with van der Waals surface area (Å²) in [5.74, 6) is -1.17. The summed E-state index contributed by atoms with van der Waals surface area (Å²) in [6.45, 7) is 13.0. The number of carboxylic acid groups (broad SMARTS) is 1. The predicted molar refractivity (Wildman–Crippen MR) is 173 cm³/mol. The monoisotopic (exact) mass is 650 g/mol. The molecule has 12 heteroatoms. The van der Waals surface area contributed by atoms with Crippen molar-refractivity contribution < 1.29 is 38.1 Å². The van der Waals surface area contributed by atoms with Crippen molar-refractivity contribution in [3.05, 3.63) is 47.3 Å². The van der Waals surface area contributed by atoms with E-state index in [2.05, 4.69) is 12.1 Å². The molecule has 2 aromatic rings. The molecule has 1 unspecified atom stereocenters. The zero-order chi connectivity index (χ0) is 32.8. The van der Waals surface area contributed by atoms with Crippen LogP contribution in [0.15, 0.2) is 41.8 Å². The van der Waals surface area contributed by atoms with Crippen LogP contribution in [-0.4, -0.2) is 81.8 Å². The van der Waals surface area contributed by atoms with Crippen LogP contribution in [0.25, 0.3) is 10.4 Å². The third kappa shape index (κ3) is 9.16. The lowest BCUT2D eigenvalue weighted by atomic mass is 9.98. The topological polar surface area (TPSA) is 123 Å². The van der Waals surface area contributed by atoms with Gasteiger partial charge in [0, 0.05) is 37.2 Å². The Morgan fingerprint density at radius 2 is 1.64 bits per heavy atom. The van der Waals surface area contributed by atoms with E-state index in [1.807, 2.05) is 34.5 Å². The molecule has 0 aliphatic carbocycles. The van der Waals surface area contributed by atoms with E-state index >= 15 is 0 Å². The van der Waals surface area contributed by atoms with Crippen LogP contribution in [0.3, 0.4) is 0 Å². The molecule has 2 amide bonds. The molecule has 2 heterocycles. The largest absolute Gasteiger partial charge is 0.480 e. The van der Waals surface area contributed by atoms with Crippen molar-refractivity contribution in [3.63, 3.8) is 0 Å². The number of amides is 2. The average Bonchev–Trinajstić information content (AvgIpc) is 3.43. The van der Waals surface area contributed by atoms with Gasteiger partial charge in [-0.15, -0.1) is 11.3 Å². The number of imide groups is 1. The molecule has 2 atom stereocenters. The number of rotatable bonds is 11. The van der Waals surface area contributed by atoms with E-state index < -0.39 is 41.9 Å². The zero-order valence-electron chi connectivity index (χ0n) is 27.0. The van der Waals surface area contributed by atoms with Gasteiger partial charge in [-0.25, -0.2) is 14.5 Å². The number of hydrogen-bond donors (Lipinski definition) is 1. The van der Waals surface area contributed by atoms with Crippen molar-refractivity contribution in [1.29, 1.82) is 0 Å². The van der Waals surface area contributed by atoms with Crippen molar-refractivity contribution in [2.75, 3.05) is 32.4 Å². The lowest BCUT2D eigenvalue weighted by molar-refractivity contribution is -0.141. The fourth-order valence-electron chi connectivity index (χ4n) is 5.29. The molecule has 1 aromatic carbocycles. The molecule has 0 spiro atoms. The van der Waals surface area contributed by atoms with Crippen LogP contribution in [-0.2, 0) is 29.9 Å². The number of benzene rings is 1. The maximum absolute atomic E-state index is 14.3. The molecule has 10 nitrogen and oxygen atoms in total. The van der Waals surface area contributed by atoms with Gasteiger partial charge in [0.2, 0.25) is 7.37 Å². The van der Waals surface area contributed by atoms with E-state index in [9.17, 15) is 24.1 Å². The summed E-state index contributed by atoms with van der Waals surface area (Å²) in [4.78, 5) is 42.9. The number of carbonyl (C=O) groups excluding carboxylic acids is 2. The molecule has 1 fully saturated rings. The van der Waals surface area contributed by atoms with Crippen molar-refractivity contribution in [2.45, 2.75) is 90.6 Å². The highest BCUT2D eigenvalue weighted by atomic mass is 32.1. The number of carboxylic acids is 1. The third-order valence-corrected chi connectivity index (χ3v) is 11.5. The van der Waals surface area contributed by atoms with Gasteiger partial charge in [-0.05, 0) is 90.3 Å². The molecular formula is C32H47N2O8PS. The predicted octanol–water partition coefficient (Wildman–Crippen LogP) is 7.71. The normalized spacial score (nSPS) is 21.1. The highest BCUT2D eigenvalue weighted by molar-refractivity contribution is 7.62. The smallest absolute Gasteiger partial charge is 0.419 e. The van der Waals surface area contributed by atoms with Crippen molar-refractivity contribution >= 4 is 36.9 Å². The van der Waals surface area contributed by atoms with Gasteiger partial charge < -0.3 is 19.1 Å². The van der Waals surface area contributed by atoms with E-state index in [-0.39, 0.29) is 45.1 Å². The first-order chi connectivity index (χ1) is 20.5. The molecule has 1 aliphatic heterocycles. The first kappa shape index (κ1) is 35.8. The summed E-state index contributed by atoms with van der Waals surface area (Å²) in [7, 11) is -3.61. The highest BCUT2D eigenvalue weighted by Crippen LogP contribution is 2.63. The van der Waals surface area contributed by atoms with Gasteiger partial charge in [-0.3, -0.25) is 14.3 Å². The van der Waals surface area contributed by atoms with Crippen molar-refractivity contribution in [2.24, 2.45) is 0 Å². The quantitative estimate of drug-likeness (QED) is 0.192. The Morgan fingerprint density at radius 1 is 1.00 bits per heavy atom. The molecule has 44 heavy (non-hydrogen) atoms. The lowest BCUT2D eigenvalue weighted by Crippen LogP contribution is -2.54. The lowest BCUT2D eigenvalue weighted by Gasteiger charge is -2.45. The zero-order valence-corrected chi connectivity index (χ0v) is 28.7. The summed E-state index contributed by atoms with van der Waals surface area (Å²) in [5, 5.41) is 11.0. The Morgan fingerprint density at radius 3 is 2.18 bits per heavy atom. The fraction of sp³-hybridized carbons (Fsp3) is 0.594. The molecule has 244 valence electrons. The summed E-state index contributed by atoms with van der Waals surface area (Å²) in [6, 6.07) is 12.1. The van der Waals surface area contributed by atoms with E-state index in [1.54, 1.807) is 59.8 Å². The standard InChI is InChI=1S/C32H47N2O8PS/c1-8-40-43(39)20-19-33(22-24-14-9-10-15-25(24)26-16-13-21-44-26)23-32(43,27(35)36)17-11-12-18-34(28(37)41-30(2,3)4)29(38)42-31(5,6)7/h9-10,13-16,21H,8,11-12,17-20,22-23H2,1-7H3,(H,35,36)/t32-,43?/m0/s1. The van der Waals surface area contributed by atoms with Crippen LogP contribution in [0.1, 0.15) is 73.3 Å². The molecule has 0 radical (unpaired) electrons. The number of thiophene rings is 1. The van der Waals surface area contributed by atoms with Gasteiger partial charge in [-0.2, -0.15) is 0 Å². The van der Waals surface area contributed by atoms with Crippen molar-refractivity contribution in [3.8, 4) is 10.4 Å². The molecule has 0 saturated carbocycles. The number of hydrogen-bond acceptors (Lipinski definition) is 9. The molecule has 1 saturated heterocycles. The number of carbonyl (C=O) groups is 3. The number of nitrogens with zero attached hydrogens (tertiary/aromatic N) is 2. The molecule has 3 rings (SSSR count). The van der Waals surface area contributed by atoms with E-state index in [4.69, 9.17) is 14.0 Å². The molecule has 1 N–H and O–H groups in total. The summed E-state index contributed by atoms with van der Waals surface area (Å²) >= 11 is 1.64. The fourth-order valence-corrected chi connectivity index (χ4v) is 9.06. The van der Waals surface area contributed by atoms with Crippen LogP contribution < -0.4 is 0 Å². The van der Waals surface area contributed by atoms with E-state index in [1.165, 1.54) is 0 Å². The van der Waals surface area contributed by atoms with Gasteiger partial charge in [0.1, 0.15) is 11.2 Å². The minimum atomic E-state index is -3.61. The van der Waals surface area contributed by atoms with Crippen molar-refractivity contribution in [1.82, 2.24) is 9.80 Å². The second kappa shape index (κ2) is 14.6. The van der Waals surface area contributed by atoms with Gasteiger partial charge in [0.15, 0.2) is 5.16 Å². The van der Waals surface area contributed by atoms with Crippen LogP contribution in [0, 0.1) is 0 Å². The molecule has 1 aliphatic rings. The maximum Gasteiger partial charge on any atom is 0.419 e. The van der Waals surface area contributed by atoms with Gasteiger partial charge in [0.05, 0.1) is 6.61 Å². The Balaban J connectivity index is 1.81. The minimum absolute atomic E-state index is 0.0453. The highest BCUT2D eigenvalue weighted by Gasteiger charge is 2.58. The van der Waals surface area contributed by atoms with Crippen LogP contribution in [0.2, 0.25) is 0 Å². The third-order valence-electron chi connectivity index (χ3n) is 7.23. The first-order valence-electron chi connectivity index (χ1n) is 15.0. The molecular weight excluding hydrogens is 603 g/mol. The Hall–Kier alpha value is -2.72. The molecule has 1 aromatic heterocycles. The number of ether oxygens (including phenoxy) is 2. The van der Waals surface area contributed by atoms with Crippen LogP contribution >= 0.6 is 18.7 Å². The number of aliphatic carboxylic acids is 1. The van der Waals surface area contributed by atoms with Crippen LogP contribution in [0.4, 0.5) is 9.59 Å². The SMILES string of the molecule is CCOP1(=O)CCN(Cc2ccccc2-c2cccs2)C[C@@]1(CCCCN(C(=O)OC(C)(C)C)C(=O)OC(C)(C)C)C(=O)O. The van der Waals surface area contributed by atoms with Gasteiger partial charge in [0.25, 0.3) is 0 Å². The van der Waals surface area contributed by atoms with Gasteiger partial charge >= 0.3 is 18.2 Å². The summed E-state index contributed by atoms with van der Waals surface area (Å²) in [6.07, 6.45) is -0.956. The Bertz CT molecular complexity index is 1310. The van der Waals surface area contributed by atoms with Crippen LogP contribution in [0.5, 0.6) is 0 Å². The second-order valence-corrected chi connectivity index (χ2v) is 16.9. The first-order valence-corrected chi connectivity index (χ1v) is 17.7. The second-order valence-electron chi connectivity index (χ2n) is 13.1. The Labute approximate surface area is 265 Å². The number of unbranched alkanes of at least 4 members (excludes halogenated alkanes) is 1. The Kier molecular flexibility index (Phi) is 11.9. The van der Waals surface area contributed by atoms with Gasteiger partial charge in [-0.1, -0.05) is 30.3 Å². The summed E-state index contributed by atoms with van der Waals surface area (Å²) in [5.41, 5.74) is 0.490. The van der Waals surface area contributed by atoms with E-state index in [0.717, 1.165) is 20.9 Å². The maximum atomic E-state index is 14.3. The molecule has 0 bridgehead atoms. The van der Waals surface area contributed by atoms with E-state index in [0.29, 0.717) is 13.1 Å². The minimum Gasteiger partial charge on any atom is -0.480 e. The summed E-state index contributed by atoms with van der Waals surface area (Å²) < 4.78 is 30.9. The average molecular weight is 651 g/mol.